The SMILES string of the molecule is COC(=O)N1CCc2c(Br)c(OC)c(C)c(C)c21. The monoisotopic (exact) mass is 313 g/mol. The van der Waals surface area contributed by atoms with Crippen molar-refractivity contribution in [2.24, 2.45) is 0 Å². The molecule has 4 nitrogen and oxygen atoms in total. The van der Waals surface area contributed by atoms with Crippen molar-refractivity contribution in [1.82, 2.24) is 0 Å². The van der Waals surface area contributed by atoms with Crippen molar-refractivity contribution < 1.29 is 14.3 Å². The lowest BCUT2D eigenvalue weighted by atomic mass is 10.0. The maximum Gasteiger partial charge on any atom is 0.414 e. The third kappa shape index (κ3) is 1.77. The predicted molar refractivity (Wildman–Crippen MR) is 73.6 cm³/mol. The first kappa shape index (κ1) is 13.2. The van der Waals surface area contributed by atoms with Crippen molar-refractivity contribution in [3.8, 4) is 5.75 Å². The number of benzene rings is 1. The average Bonchev–Trinajstić information content (AvgIpc) is 2.81. The van der Waals surface area contributed by atoms with Gasteiger partial charge in [-0.3, -0.25) is 4.90 Å². The second kappa shape index (κ2) is 4.80. The number of amides is 1. The number of fused-ring (bicyclic) bond motifs is 1. The second-order valence-corrected chi connectivity index (χ2v) is 5.09. The number of hydrogen-bond acceptors (Lipinski definition) is 3. The number of methoxy groups -OCH3 is 2. The summed E-state index contributed by atoms with van der Waals surface area (Å²) in [7, 11) is 3.06. The summed E-state index contributed by atoms with van der Waals surface area (Å²) in [5, 5.41) is 0. The molecular weight excluding hydrogens is 298 g/mol. The maximum absolute atomic E-state index is 11.8. The number of nitrogens with zero attached hydrogens (tertiary/aromatic N) is 1. The Morgan fingerprint density at radius 1 is 1.28 bits per heavy atom. The van der Waals surface area contributed by atoms with Gasteiger partial charge in [0.05, 0.1) is 24.4 Å². The molecule has 5 heteroatoms. The van der Waals surface area contributed by atoms with Gasteiger partial charge in [0, 0.05) is 6.54 Å². The normalized spacial score (nSPS) is 13.5. The van der Waals surface area contributed by atoms with Crippen LogP contribution in [0.15, 0.2) is 4.47 Å². The Kier molecular flexibility index (Phi) is 3.52. The van der Waals surface area contributed by atoms with E-state index in [1.54, 1.807) is 12.0 Å². The van der Waals surface area contributed by atoms with Gasteiger partial charge < -0.3 is 9.47 Å². The van der Waals surface area contributed by atoms with Gasteiger partial charge in [0.25, 0.3) is 0 Å². The zero-order valence-electron chi connectivity index (χ0n) is 11.0. The number of ether oxygens (including phenoxy) is 2. The molecule has 2 rings (SSSR count). The number of hydrogen-bond donors (Lipinski definition) is 0. The summed E-state index contributed by atoms with van der Waals surface area (Å²) in [6.07, 6.45) is 0.496. The number of anilines is 1. The van der Waals surface area contributed by atoms with Crippen LogP contribution in [0.5, 0.6) is 5.75 Å². The highest BCUT2D eigenvalue weighted by atomic mass is 79.9. The van der Waals surface area contributed by atoms with E-state index in [1.807, 2.05) is 13.8 Å². The zero-order valence-corrected chi connectivity index (χ0v) is 12.6. The Morgan fingerprint density at radius 3 is 2.50 bits per heavy atom. The summed E-state index contributed by atoms with van der Waals surface area (Å²) in [5.41, 5.74) is 4.17. The third-order valence-corrected chi connectivity index (χ3v) is 4.30. The highest BCUT2D eigenvalue weighted by molar-refractivity contribution is 9.10. The fourth-order valence-electron chi connectivity index (χ4n) is 2.44. The first-order valence-corrected chi connectivity index (χ1v) is 6.53. The highest BCUT2D eigenvalue weighted by Crippen LogP contribution is 2.44. The van der Waals surface area contributed by atoms with Crippen LogP contribution in [0.3, 0.4) is 0 Å². The summed E-state index contributed by atoms with van der Waals surface area (Å²) in [5.74, 6) is 0.845. The fourth-order valence-corrected chi connectivity index (χ4v) is 3.29. The van der Waals surface area contributed by atoms with E-state index in [-0.39, 0.29) is 6.09 Å². The van der Waals surface area contributed by atoms with Crippen LogP contribution in [0, 0.1) is 13.8 Å². The van der Waals surface area contributed by atoms with Crippen molar-refractivity contribution >= 4 is 27.7 Å². The van der Waals surface area contributed by atoms with Crippen LogP contribution < -0.4 is 9.64 Å². The molecule has 1 heterocycles. The molecule has 0 unspecified atom stereocenters. The van der Waals surface area contributed by atoms with Gasteiger partial charge >= 0.3 is 6.09 Å². The molecule has 1 amide bonds. The molecule has 1 aliphatic heterocycles. The molecule has 0 spiro atoms. The Labute approximate surface area is 115 Å². The van der Waals surface area contributed by atoms with Crippen LogP contribution in [-0.4, -0.2) is 26.9 Å². The van der Waals surface area contributed by atoms with Gasteiger partial charge in [-0.05, 0) is 52.9 Å². The summed E-state index contributed by atoms with van der Waals surface area (Å²) in [6.45, 7) is 4.64. The van der Waals surface area contributed by atoms with Gasteiger partial charge in [-0.15, -0.1) is 0 Å². The average molecular weight is 314 g/mol. The summed E-state index contributed by atoms with van der Waals surface area (Å²) in [4.78, 5) is 13.4. The molecule has 0 atom stereocenters. The Hall–Kier alpha value is -1.23. The zero-order chi connectivity index (χ0) is 13.4. The molecular formula is C13H16BrNO3. The van der Waals surface area contributed by atoms with Gasteiger partial charge in [0.1, 0.15) is 5.75 Å². The Bertz CT molecular complexity index is 514. The topological polar surface area (TPSA) is 38.8 Å². The van der Waals surface area contributed by atoms with E-state index in [2.05, 4.69) is 15.9 Å². The second-order valence-electron chi connectivity index (χ2n) is 4.30. The lowest BCUT2D eigenvalue weighted by Gasteiger charge is -2.21. The molecule has 1 aromatic carbocycles. The van der Waals surface area contributed by atoms with Crippen LogP contribution in [-0.2, 0) is 11.2 Å². The van der Waals surface area contributed by atoms with Crippen molar-refractivity contribution in [2.45, 2.75) is 20.3 Å². The molecule has 0 fully saturated rings. The molecule has 0 aromatic heterocycles. The standard InChI is InChI=1S/C13H16BrNO3/c1-7-8(2)12(17-3)10(14)9-5-6-15(11(7)9)13(16)18-4/h5-6H2,1-4H3. The van der Waals surface area contributed by atoms with E-state index in [0.717, 1.165) is 39.0 Å². The molecule has 0 saturated carbocycles. The molecule has 0 bridgehead atoms. The minimum absolute atomic E-state index is 0.312. The van der Waals surface area contributed by atoms with Crippen LogP contribution in [0.4, 0.5) is 10.5 Å². The van der Waals surface area contributed by atoms with Crippen LogP contribution in [0.2, 0.25) is 0 Å². The van der Waals surface area contributed by atoms with E-state index < -0.39 is 0 Å². The summed E-state index contributed by atoms with van der Waals surface area (Å²) >= 11 is 3.57. The first-order chi connectivity index (χ1) is 8.52. The van der Waals surface area contributed by atoms with E-state index in [1.165, 1.54) is 7.11 Å². The van der Waals surface area contributed by atoms with Gasteiger partial charge in [-0.1, -0.05) is 0 Å². The first-order valence-electron chi connectivity index (χ1n) is 5.73. The van der Waals surface area contributed by atoms with E-state index in [9.17, 15) is 4.79 Å². The molecule has 0 N–H and O–H groups in total. The molecule has 0 saturated heterocycles. The molecule has 1 aliphatic rings. The molecule has 18 heavy (non-hydrogen) atoms. The number of halogens is 1. The molecule has 1 aromatic rings. The highest BCUT2D eigenvalue weighted by Gasteiger charge is 2.31. The third-order valence-electron chi connectivity index (χ3n) is 3.46. The Morgan fingerprint density at radius 2 is 1.94 bits per heavy atom. The fraction of sp³-hybridized carbons (Fsp3) is 0.462. The van der Waals surface area contributed by atoms with E-state index >= 15 is 0 Å². The van der Waals surface area contributed by atoms with Crippen molar-refractivity contribution in [3.05, 3.63) is 21.2 Å². The largest absolute Gasteiger partial charge is 0.495 e. The smallest absolute Gasteiger partial charge is 0.414 e. The minimum Gasteiger partial charge on any atom is -0.495 e. The van der Waals surface area contributed by atoms with Crippen molar-refractivity contribution in [1.29, 1.82) is 0 Å². The van der Waals surface area contributed by atoms with Crippen LogP contribution in [0.1, 0.15) is 16.7 Å². The maximum atomic E-state index is 11.8. The predicted octanol–water partition coefficient (Wildman–Crippen LogP) is 3.20. The van der Waals surface area contributed by atoms with Gasteiger partial charge in [0.15, 0.2) is 0 Å². The van der Waals surface area contributed by atoms with Gasteiger partial charge in [-0.25, -0.2) is 4.79 Å². The molecule has 98 valence electrons. The summed E-state index contributed by atoms with van der Waals surface area (Å²) < 4.78 is 11.2. The number of carbonyl (C=O) groups is 1. The number of carbonyl (C=O) groups excluding carboxylic acids is 1. The van der Waals surface area contributed by atoms with E-state index in [4.69, 9.17) is 9.47 Å². The van der Waals surface area contributed by atoms with Crippen LogP contribution in [0.25, 0.3) is 0 Å². The molecule has 0 radical (unpaired) electrons. The molecule has 0 aliphatic carbocycles. The van der Waals surface area contributed by atoms with Gasteiger partial charge in [0.2, 0.25) is 0 Å². The lowest BCUT2D eigenvalue weighted by molar-refractivity contribution is 0.179. The van der Waals surface area contributed by atoms with Gasteiger partial charge in [-0.2, -0.15) is 0 Å². The number of rotatable bonds is 1. The van der Waals surface area contributed by atoms with Crippen molar-refractivity contribution in [2.75, 3.05) is 25.7 Å². The quantitative estimate of drug-likeness (QED) is 0.799. The lowest BCUT2D eigenvalue weighted by Crippen LogP contribution is -2.29. The van der Waals surface area contributed by atoms with E-state index in [0.29, 0.717) is 6.54 Å². The minimum atomic E-state index is -0.312. The Balaban J connectivity index is 2.64. The van der Waals surface area contributed by atoms with Crippen LogP contribution >= 0.6 is 15.9 Å². The summed E-state index contributed by atoms with van der Waals surface area (Å²) in [6, 6.07) is 0. The van der Waals surface area contributed by atoms with Crippen molar-refractivity contribution in [3.63, 3.8) is 0 Å².